The summed E-state index contributed by atoms with van der Waals surface area (Å²) < 4.78 is 18.3. The first-order valence-electron chi connectivity index (χ1n) is 7.92. The zero-order valence-electron chi connectivity index (χ0n) is 13.4. The quantitative estimate of drug-likeness (QED) is 0.811. The number of hydrogen-bond acceptors (Lipinski definition) is 5. The molecule has 2 heterocycles. The van der Waals surface area contributed by atoms with Crippen molar-refractivity contribution in [3.8, 4) is 0 Å². The van der Waals surface area contributed by atoms with Crippen molar-refractivity contribution in [2.75, 3.05) is 19.7 Å². The van der Waals surface area contributed by atoms with Gasteiger partial charge in [0.05, 0.1) is 11.0 Å². The van der Waals surface area contributed by atoms with Gasteiger partial charge < -0.3 is 10.1 Å². The second-order valence-electron chi connectivity index (χ2n) is 5.76. The van der Waals surface area contributed by atoms with Crippen molar-refractivity contribution in [3.05, 3.63) is 40.6 Å². The van der Waals surface area contributed by atoms with E-state index in [1.807, 2.05) is 0 Å². The molecule has 0 unspecified atom stereocenters. The molecule has 3 rings (SSSR count). The molecule has 0 aliphatic carbocycles. The fourth-order valence-electron chi connectivity index (χ4n) is 2.58. The largest absolute Gasteiger partial charge is 0.376 e. The van der Waals surface area contributed by atoms with Gasteiger partial charge in [-0.3, -0.25) is 19.3 Å². The molecule has 1 aromatic carbocycles. The fourth-order valence-corrected chi connectivity index (χ4v) is 3.42. The molecular weight excluding hydrogens is 347 g/mol. The summed E-state index contributed by atoms with van der Waals surface area (Å²) in [5.74, 6) is -1.31. The lowest BCUT2D eigenvalue weighted by Crippen LogP contribution is -2.41. The van der Waals surface area contributed by atoms with Crippen molar-refractivity contribution in [1.82, 2.24) is 10.2 Å². The van der Waals surface area contributed by atoms with Gasteiger partial charge in [0, 0.05) is 13.2 Å². The van der Waals surface area contributed by atoms with Gasteiger partial charge in [-0.05, 0) is 48.4 Å². The van der Waals surface area contributed by atoms with E-state index >= 15 is 0 Å². The number of carbonyl (C=O) groups excluding carboxylic acids is 3. The zero-order chi connectivity index (χ0) is 17.8. The Balaban J connectivity index is 1.58. The third-order valence-corrected chi connectivity index (χ3v) is 4.80. The van der Waals surface area contributed by atoms with E-state index in [4.69, 9.17) is 4.74 Å². The summed E-state index contributed by atoms with van der Waals surface area (Å²) >= 11 is 0.766. The maximum Gasteiger partial charge on any atom is 0.294 e. The molecule has 3 amide bonds. The number of halogens is 1. The lowest BCUT2D eigenvalue weighted by molar-refractivity contribution is -0.129. The summed E-state index contributed by atoms with van der Waals surface area (Å²) in [4.78, 5) is 37.4. The monoisotopic (exact) mass is 364 g/mol. The molecule has 2 fully saturated rings. The second-order valence-corrected chi connectivity index (χ2v) is 6.75. The third-order valence-electron chi connectivity index (χ3n) is 3.89. The van der Waals surface area contributed by atoms with E-state index in [9.17, 15) is 18.8 Å². The molecule has 25 heavy (non-hydrogen) atoms. The number of imide groups is 1. The number of thioether (sulfide) groups is 1. The Bertz CT molecular complexity index is 714. The van der Waals surface area contributed by atoms with Crippen molar-refractivity contribution in [2.45, 2.75) is 18.9 Å². The fraction of sp³-hybridized carbons (Fsp3) is 0.353. The number of ether oxygens (including phenoxy) is 1. The van der Waals surface area contributed by atoms with E-state index < -0.39 is 17.1 Å². The van der Waals surface area contributed by atoms with E-state index in [2.05, 4.69) is 5.32 Å². The number of benzene rings is 1. The topological polar surface area (TPSA) is 75.7 Å². The Morgan fingerprint density at radius 1 is 1.36 bits per heavy atom. The van der Waals surface area contributed by atoms with Crippen LogP contribution in [0.4, 0.5) is 9.18 Å². The highest BCUT2D eigenvalue weighted by Gasteiger charge is 2.36. The zero-order valence-corrected chi connectivity index (χ0v) is 14.2. The Morgan fingerprint density at radius 3 is 2.80 bits per heavy atom. The van der Waals surface area contributed by atoms with Crippen LogP contribution in [0.5, 0.6) is 0 Å². The Morgan fingerprint density at radius 2 is 2.12 bits per heavy atom. The number of nitrogens with zero attached hydrogens (tertiary/aromatic N) is 1. The van der Waals surface area contributed by atoms with Crippen molar-refractivity contribution < 1.29 is 23.5 Å². The first kappa shape index (κ1) is 17.6. The van der Waals surface area contributed by atoms with Gasteiger partial charge in [0.15, 0.2) is 0 Å². The van der Waals surface area contributed by atoms with Crippen LogP contribution in [-0.4, -0.2) is 47.8 Å². The van der Waals surface area contributed by atoms with Crippen molar-refractivity contribution in [1.29, 1.82) is 0 Å². The van der Waals surface area contributed by atoms with Gasteiger partial charge in [-0.15, -0.1) is 0 Å². The van der Waals surface area contributed by atoms with Crippen molar-refractivity contribution >= 4 is 34.9 Å². The summed E-state index contributed by atoms with van der Waals surface area (Å²) in [5, 5.41) is 2.19. The van der Waals surface area contributed by atoms with Crippen LogP contribution in [0.25, 0.3) is 6.08 Å². The van der Waals surface area contributed by atoms with Crippen molar-refractivity contribution in [3.63, 3.8) is 0 Å². The summed E-state index contributed by atoms with van der Waals surface area (Å²) in [5.41, 5.74) is 0.606. The number of carbonyl (C=O) groups is 3. The molecule has 0 spiro atoms. The normalized spacial score (nSPS) is 22.0. The molecule has 2 aliphatic rings. The van der Waals surface area contributed by atoms with Crippen LogP contribution >= 0.6 is 11.8 Å². The number of rotatable bonds is 5. The SMILES string of the molecule is O=C(CN1C(=O)S/C(=C\c2ccc(F)cc2)C1=O)NC[C@H]1CCCO1. The summed E-state index contributed by atoms with van der Waals surface area (Å²) in [6.07, 6.45) is 3.37. The molecule has 1 N–H and O–H groups in total. The first-order chi connectivity index (χ1) is 12.0. The van der Waals surface area contributed by atoms with Gasteiger partial charge in [0.1, 0.15) is 12.4 Å². The van der Waals surface area contributed by atoms with Crippen LogP contribution in [-0.2, 0) is 14.3 Å². The van der Waals surface area contributed by atoms with Gasteiger partial charge in [-0.1, -0.05) is 12.1 Å². The predicted octanol–water partition coefficient (Wildman–Crippen LogP) is 2.16. The highest BCUT2D eigenvalue weighted by molar-refractivity contribution is 8.18. The molecule has 2 aliphatic heterocycles. The highest BCUT2D eigenvalue weighted by atomic mass is 32.2. The second kappa shape index (κ2) is 7.79. The molecule has 0 aromatic heterocycles. The molecular formula is C17H17FN2O4S. The smallest absolute Gasteiger partial charge is 0.294 e. The first-order valence-corrected chi connectivity index (χ1v) is 8.74. The number of amides is 3. The average molecular weight is 364 g/mol. The van der Waals surface area contributed by atoms with Crippen LogP contribution in [0.1, 0.15) is 18.4 Å². The average Bonchev–Trinajstić information content (AvgIpc) is 3.19. The van der Waals surface area contributed by atoms with Gasteiger partial charge >= 0.3 is 0 Å². The van der Waals surface area contributed by atoms with Crippen molar-refractivity contribution in [2.24, 2.45) is 0 Å². The molecule has 6 nitrogen and oxygen atoms in total. The summed E-state index contributed by atoms with van der Waals surface area (Å²) in [7, 11) is 0. The van der Waals surface area contributed by atoms with E-state index in [0.29, 0.717) is 18.7 Å². The standard InChI is InChI=1S/C17H17FN2O4S/c18-12-5-3-11(4-6-12)8-14-16(22)20(17(23)25-14)10-15(21)19-9-13-2-1-7-24-13/h3-6,8,13H,1-2,7,9-10H2,(H,19,21)/b14-8-/t13-/m1/s1. The molecule has 0 bridgehead atoms. The minimum atomic E-state index is -0.522. The minimum absolute atomic E-state index is 0.00256. The van der Waals surface area contributed by atoms with Gasteiger partial charge in [0.25, 0.3) is 11.1 Å². The Kier molecular flexibility index (Phi) is 5.50. The van der Waals surface area contributed by atoms with Crippen LogP contribution in [0, 0.1) is 5.82 Å². The molecule has 0 saturated carbocycles. The van der Waals surface area contributed by atoms with Gasteiger partial charge in [-0.25, -0.2) is 4.39 Å². The Hall–Kier alpha value is -2.19. The lowest BCUT2D eigenvalue weighted by atomic mass is 10.2. The molecule has 132 valence electrons. The molecule has 2 saturated heterocycles. The number of hydrogen-bond donors (Lipinski definition) is 1. The molecule has 8 heteroatoms. The molecule has 1 aromatic rings. The van der Waals surface area contributed by atoms with Gasteiger partial charge in [-0.2, -0.15) is 0 Å². The lowest BCUT2D eigenvalue weighted by Gasteiger charge is -2.14. The van der Waals surface area contributed by atoms with Crippen LogP contribution in [0.3, 0.4) is 0 Å². The van der Waals surface area contributed by atoms with E-state index in [0.717, 1.165) is 29.5 Å². The minimum Gasteiger partial charge on any atom is -0.376 e. The maximum absolute atomic E-state index is 12.9. The van der Waals surface area contributed by atoms with E-state index in [-0.39, 0.29) is 23.4 Å². The summed E-state index contributed by atoms with van der Waals surface area (Å²) in [6, 6.07) is 5.57. The van der Waals surface area contributed by atoms with Crippen LogP contribution in [0.15, 0.2) is 29.2 Å². The molecule has 1 atom stereocenters. The molecule has 0 radical (unpaired) electrons. The Labute approximate surface area is 148 Å². The van der Waals surface area contributed by atoms with Crippen LogP contribution in [0.2, 0.25) is 0 Å². The van der Waals surface area contributed by atoms with E-state index in [1.165, 1.54) is 30.3 Å². The third kappa shape index (κ3) is 4.46. The van der Waals surface area contributed by atoms with Gasteiger partial charge in [0.2, 0.25) is 5.91 Å². The summed E-state index contributed by atoms with van der Waals surface area (Å²) in [6.45, 7) is 0.746. The predicted molar refractivity (Wildman–Crippen MR) is 91.1 cm³/mol. The van der Waals surface area contributed by atoms with E-state index in [1.54, 1.807) is 0 Å². The number of nitrogens with one attached hydrogen (secondary N) is 1. The van der Waals surface area contributed by atoms with Crippen LogP contribution < -0.4 is 5.32 Å². The maximum atomic E-state index is 12.9. The highest BCUT2D eigenvalue weighted by Crippen LogP contribution is 2.31.